The van der Waals surface area contributed by atoms with Gasteiger partial charge in [0.25, 0.3) is 0 Å². The Labute approximate surface area is 79.4 Å². The summed E-state index contributed by atoms with van der Waals surface area (Å²) in [5.41, 5.74) is 0. The molecular formula is C9H18N2O2. The number of rotatable bonds is 5. The molecule has 0 atom stereocenters. The molecule has 0 heterocycles. The predicted octanol–water partition coefficient (Wildman–Crippen LogP) is 1.46. The summed E-state index contributed by atoms with van der Waals surface area (Å²) in [7, 11) is 0. The quantitative estimate of drug-likeness (QED) is 0.661. The number of nitrogens with zero attached hydrogens (tertiary/aromatic N) is 1. The van der Waals surface area contributed by atoms with Gasteiger partial charge in [-0.1, -0.05) is 13.8 Å². The molecule has 0 aromatic carbocycles. The molecule has 1 N–H and O–H groups in total. The second-order valence-corrected chi connectivity index (χ2v) is 3.05. The fourth-order valence-electron chi connectivity index (χ4n) is 0.616. The van der Waals surface area contributed by atoms with Crippen LogP contribution in [0, 0.1) is 5.92 Å². The number of carbonyl (C=O) groups is 1. The summed E-state index contributed by atoms with van der Waals surface area (Å²) in [5.74, 6) is 0.370. The molecule has 1 amide bonds. The van der Waals surface area contributed by atoms with Crippen molar-refractivity contribution in [3.05, 3.63) is 0 Å². The predicted molar refractivity (Wildman–Crippen MR) is 53.2 cm³/mol. The van der Waals surface area contributed by atoms with E-state index < -0.39 is 0 Å². The van der Waals surface area contributed by atoms with Gasteiger partial charge in [0, 0.05) is 12.8 Å². The third-order valence-electron chi connectivity index (χ3n) is 1.20. The first-order chi connectivity index (χ1) is 6.16. The lowest BCUT2D eigenvalue weighted by Gasteiger charge is -2.06. The maximum absolute atomic E-state index is 10.9. The fraction of sp³-hybridized carbons (Fsp3) is 0.778. The normalized spacial score (nSPS) is 10.8. The van der Waals surface area contributed by atoms with Crippen molar-refractivity contribution in [3.63, 3.8) is 0 Å². The molecule has 0 bridgehead atoms. The summed E-state index contributed by atoms with van der Waals surface area (Å²) < 4.78 is 4.87. The molecule has 0 rings (SSSR count). The molecule has 0 fully saturated rings. The van der Waals surface area contributed by atoms with Crippen molar-refractivity contribution in [1.29, 1.82) is 0 Å². The van der Waals surface area contributed by atoms with Crippen molar-refractivity contribution in [2.45, 2.75) is 20.8 Å². The lowest BCUT2D eigenvalue weighted by molar-refractivity contribution is 0.134. The minimum Gasteiger partial charge on any atom is -0.449 e. The highest BCUT2D eigenvalue weighted by Gasteiger charge is 2.00. The second kappa shape index (κ2) is 7.58. The summed E-state index contributed by atoms with van der Waals surface area (Å²) in [5, 5.41) is 2.56. The highest BCUT2D eigenvalue weighted by atomic mass is 16.5. The van der Waals surface area contributed by atoms with E-state index in [4.69, 9.17) is 4.74 Å². The zero-order chi connectivity index (χ0) is 10.1. The van der Waals surface area contributed by atoms with E-state index in [2.05, 4.69) is 10.3 Å². The Morgan fingerprint density at radius 2 is 2.31 bits per heavy atom. The smallest absolute Gasteiger partial charge is 0.407 e. The van der Waals surface area contributed by atoms with Crippen LogP contribution in [0.15, 0.2) is 4.99 Å². The Morgan fingerprint density at radius 1 is 1.62 bits per heavy atom. The Balaban J connectivity index is 3.35. The first-order valence-corrected chi connectivity index (χ1v) is 4.55. The zero-order valence-corrected chi connectivity index (χ0v) is 8.54. The molecule has 4 heteroatoms. The van der Waals surface area contributed by atoms with E-state index in [9.17, 15) is 4.79 Å². The van der Waals surface area contributed by atoms with E-state index in [0.29, 0.717) is 19.1 Å². The van der Waals surface area contributed by atoms with Gasteiger partial charge >= 0.3 is 6.09 Å². The molecule has 13 heavy (non-hydrogen) atoms. The summed E-state index contributed by atoms with van der Waals surface area (Å²) >= 11 is 0. The van der Waals surface area contributed by atoms with Gasteiger partial charge in [-0.15, -0.1) is 0 Å². The highest BCUT2D eigenvalue weighted by Crippen LogP contribution is 1.91. The van der Waals surface area contributed by atoms with Gasteiger partial charge in [0.05, 0.1) is 13.2 Å². The Hall–Kier alpha value is -1.06. The van der Waals surface area contributed by atoms with E-state index in [1.165, 1.54) is 0 Å². The monoisotopic (exact) mass is 186 g/mol. The lowest BCUT2D eigenvalue weighted by Crippen LogP contribution is -2.27. The summed E-state index contributed by atoms with van der Waals surface area (Å²) in [6.45, 7) is 7.55. The third kappa shape index (κ3) is 8.85. The van der Waals surface area contributed by atoms with Gasteiger partial charge in [0.15, 0.2) is 0 Å². The van der Waals surface area contributed by atoms with Gasteiger partial charge in [0.1, 0.15) is 0 Å². The van der Waals surface area contributed by atoms with E-state index in [1.54, 1.807) is 6.21 Å². The Morgan fingerprint density at radius 3 is 2.85 bits per heavy atom. The van der Waals surface area contributed by atoms with Gasteiger partial charge in [-0.05, 0) is 12.8 Å². The summed E-state index contributed by atoms with van der Waals surface area (Å²) in [4.78, 5) is 14.9. The van der Waals surface area contributed by atoms with Crippen molar-refractivity contribution >= 4 is 12.3 Å². The number of ether oxygens (including phenoxy) is 1. The molecular weight excluding hydrogens is 168 g/mol. The van der Waals surface area contributed by atoms with Crippen molar-refractivity contribution in [2.75, 3.05) is 19.7 Å². The highest BCUT2D eigenvalue weighted by molar-refractivity contribution is 5.72. The van der Waals surface area contributed by atoms with Gasteiger partial charge in [0.2, 0.25) is 0 Å². The molecule has 0 aliphatic carbocycles. The van der Waals surface area contributed by atoms with Gasteiger partial charge in [-0.25, -0.2) is 4.79 Å². The van der Waals surface area contributed by atoms with Crippen molar-refractivity contribution in [3.8, 4) is 0 Å². The van der Waals surface area contributed by atoms with Crippen LogP contribution in [0.25, 0.3) is 0 Å². The third-order valence-corrected chi connectivity index (χ3v) is 1.20. The number of alkyl carbamates (subject to hydrolysis) is 1. The van der Waals surface area contributed by atoms with E-state index in [1.807, 2.05) is 20.8 Å². The number of amides is 1. The second-order valence-electron chi connectivity index (χ2n) is 3.05. The molecule has 0 unspecified atom stereocenters. The summed E-state index contributed by atoms with van der Waals surface area (Å²) in [6, 6.07) is 0. The van der Waals surface area contributed by atoms with Crippen LogP contribution in [-0.4, -0.2) is 32.0 Å². The largest absolute Gasteiger partial charge is 0.449 e. The van der Waals surface area contributed by atoms with Crippen LogP contribution in [-0.2, 0) is 4.74 Å². The number of nitrogens with one attached hydrogen (secondary N) is 1. The Kier molecular flexibility index (Phi) is 6.96. The molecule has 0 spiro atoms. The van der Waals surface area contributed by atoms with Gasteiger partial charge in [-0.2, -0.15) is 0 Å². The van der Waals surface area contributed by atoms with Crippen molar-refractivity contribution < 1.29 is 9.53 Å². The van der Waals surface area contributed by atoms with E-state index in [-0.39, 0.29) is 6.09 Å². The topological polar surface area (TPSA) is 50.7 Å². The van der Waals surface area contributed by atoms with E-state index >= 15 is 0 Å². The number of aliphatic imine (C=N–C) groups is 1. The molecule has 0 aliphatic heterocycles. The minimum absolute atomic E-state index is 0.370. The van der Waals surface area contributed by atoms with Crippen LogP contribution >= 0.6 is 0 Å². The molecule has 0 aromatic heterocycles. The molecule has 0 saturated heterocycles. The van der Waals surface area contributed by atoms with Crippen LogP contribution in [0.4, 0.5) is 4.79 Å². The molecule has 0 aliphatic rings. The van der Waals surface area contributed by atoms with Gasteiger partial charge in [-0.3, -0.25) is 4.99 Å². The van der Waals surface area contributed by atoms with Crippen LogP contribution < -0.4 is 5.32 Å². The molecule has 0 saturated carbocycles. The van der Waals surface area contributed by atoms with Crippen molar-refractivity contribution in [1.82, 2.24) is 5.32 Å². The molecule has 0 radical (unpaired) electrons. The molecule has 4 nitrogen and oxygen atoms in total. The SMILES string of the molecule is CCN=CCNC(=O)OCC(C)C. The minimum atomic E-state index is -0.378. The maximum Gasteiger partial charge on any atom is 0.407 e. The number of carbonyl (C=O) groups excluding carboxylic acids is 1. The standard InChI is InChI=1S/C9H18N2O2/c1-4-10-5-6-11-9(12)13-7-8(2)3/h5,8H,4,6-7H2,1-3H3,(H,11,12). The average Bonchev–Trinajstić information content (AvgIpc) is 2.09. The fourth-order valence-corrected chi connectivity index (χ4v) is 0.616. The maximum atomic E-state index is 10.9. The molecule has 76 valence electrons. The lowest BCUT2D eigenvalue weighted by atomic mass is 10.2. The van der Waals surface area contributed by atoms with E-state index in [0.717, 1.165) is 6.54 Å². The van der Waals surface area contributed by atoms with Gasteiger partial charge < -0.3 is 10.1 Å². The number of hydrogen-bond donors (Lipinski definition) is 1. The molecule has 0 aromatic rings. The average molecular weight is 186 g/mol. The first-order valence-electron chi connectivity index (χ1n) is 4.55. The first kappa shape index (κ1) is 11.9. The van der Waals surface area contributed by atoms with Crippen LogP contribution in [0.3, 0.4) is 0 Å². The Bertz CT molecular complexity index is 167. The van der Waals surface area contributed by atoms with Crippen LogP contribution in [0.2, 0.25) is 0 Å². The van der Waals surface area contributed by atoms with Crippen LogP contribution in [0.5, 0.6) is 0 Å². The van der Waals surface area contributed by atoms with Crippen molar-refractivity contribution in [2.24, 2.45) is 10.9 Å². The summed E-state index contributed by atoms with van der Waals surface area (Å²) in [6.07, 6.45) is 1.28. The zero-order valence-electron chi connectivity index (χ0n) is 8.54. The number of hydrogen-bond acceptors (Lipinski definition) is 3. The van der Waals surface area contributed by atoms with Crippen LogP contribution in [0.1, 0.15) is 20.8 Å².